The summed E-state index contributed by atoms with van der Waals surface area (Å²) in [7, 11) is 1.99. The molecule has 1 N–H and O–H groups in total. The number of aldehydes is 1. The van der Waals surface area contributed by atoms with Crippen LogP contribution in [0, 0.1) is 11.7 Å². The molecule has 0 unspecified atom stereocenters. The predicted octanol–water partition coefficient (Wildman–Crippen LogP) is 7.30. The van der Waals surface area contributed by atoms with Gasteiger partial charge in [-0.25, -0.2) is 4.39 Å². The second-order valence-corrected chi connectivity index (χ2v) is 10.4. The van der Waals surface area contributed by atoms with Crippen LogP contribution >= 0.6 is 23.4 Å². The smallest absolute Gasteiger partial charge is 0.196 e. The van der Waals surface area contributed by atoms with E-state index in [-0.39, 0.29) is 5.82 Å². The van der Waals surface area contributed by atoms with Crippen LogP contribution < -0.4 is 5.32 Å². The first-order chi connectivity index (χ1) is 17.5. The summed E-state index contributed by atoms with van der Waals surface area (Å²) in [5, 5.41) is 13.2. The third-order valence-electron chi connectivity index (χ3n) is 5.53. The van der Waals surface area contributed by atoms with E-state index in [2.05, 4.69) is 29.4 Å². The Morgan fingerprint density at radius 2 is 1.86 bits per heavy atom. The molecule has 1 aromatic heterocycles. The fraction of sp³-hybridized carbons (Fsp3) is 0.464. The highest BCUT2D eigenvalue weighted by Crippen LogP contribution is 2.28. The molecule has 8 heteroatoms. The van der Waals surface area contributed by atoms with E-state index in [1.165, 1.54) is 24.2 Å². The van der Waals surface area contributed by atoms with Gasteiger partial charge in [-0.1, -0.05) is 74.3 Å². The number of rotatable bonds is 14. The van der Waals surface area contributed by atoms with Crippen molar-refractivity contribution in [2.75, 3.05) is 13.6 Å². The SMILES string of the molecule is CNCCC(C)C.O=CCCCCCCc1nnc(SCc2ccccc2F)n1-c1cccc(Cl)c1. The third-order valence-corrected chi connectivity index (χ3v) is 6.74. The molecule has 0 spiro atoms. The number of halogens is 2. The van der Waals surface area contributed by atoms with E-state index < -0.39 is 0 Å². The molecule has 0 bridgehead atoms. The van der Waals surface area contributed by atoms with Gasteiger partial charge < -0.3 is 10.1 Å². The maximum Gasteiger partial charge on any atom is 0.196 e. The lowest BCUT2D eigenvalue weighted by Crippen LogP contribution is -2.09. The lowest BCUT2D eigenvalue weighted by Gasteiger charge is -2.11. The minimum Gasteiger partial charge on any atom is -0.320 e. The minimum atomic E-state index is -0.218. The van der Waals surface area contributed by atoms with Crippen LogP contribution in [0.15, 0.2) is 53.7 Å². The molecule has 0 saturated heterocycles. The van der Waals surface area contributed by atoms with Crippen molar-refractivity contribution >= 4 is 29.6 Å². The highest BCUT2D eigenvalue weighted by atomic mass is 35.5. The van der Waals surface area contributed by atoms with Crippen molar-refractivity contribution in [3.8, 4) is 5.69 Å². The maximum absolute atomic E-state index is 14.0. The largest absolute Gasteiger partial charge is 0.320 e. The van der Waals surface area contributed by atoms with Crippen LogP contribution in [0.1, 0.15) is 63.8 Å². The van der Waals surface area contributed by atoms with Crippen molar-refractivity contribution in [3.05, 3.63) is 70.8 Å². The van der Waals surface area contributed by atoms with Gasteiger partial charge in [0.15, 0.2) is 5.16 Å². The van der Waals surface area contributed by atoms with Crippen LogP contribution in [-0.2, 0) is 17.0 Å². The Morgan fingerprint density at radius 3 is 2.53 bits per heavy atom. The standard InChI is InChI=1S/C22H23ClFN3OS.C6H15N/c23-18-10-8-11-19(15-18)27-21(13-4-2-1-3-7-14-28)25-26-22(27)29-16-17-9-5-6-12-20(17)24;1-6(2)4-5-7-3/h5-6,8-12,14-15H,1-4,7,13,16H2;6-7H,4-5H2,1-3H3. The molecule has 3 rings (SSSR count). The van der Waals surface area contributed by atoms with Gasteiger partial charge in [-0.3, -0.25) is 4.57 Å². The number of hydrogen-bond acceptors (Lipinski definition) is 5. The molecule has 0 amide bonds. The van der Waals surface area contributed by atoms with Gasteiger partial charge in [0.25, 0.3) is 0 Å². The first-order valence-corrected chi connectivity index (χ1v) is 14.0. The molecular formula is C28H38ClFN4OS. The summed E-state index contributed by atoms with van der Waals surface area (Å²) in [5.41, 5.74) is 1.53. The molecule has 36 heavy (non-hydrogen) atoms. The van der Waals surface area contributed by atoms with Crippen LogP contribution in [0.4, 0.5) is 4.39 Å². The highest BCUT2D eigenvalue weighted by Gasteiger charge is 2.15. The molecule has 196 valence electrons. The molecule has 0 aliphatic rings. The number of aromatic nitrogens is 3. The molecule has 0 aliphatic carbocycles. The molecule has 0 atom stereocenters. The number of thioether (sulfide) groups is 1. The zero-order valence-electron chi connectivity index (χ0n) is 21.6. The number of nitrogens with zero attached hydrogens (tertiary/aromatic N) is 3. The summed E-state index contributed by atoms with van der Waals surface area (Å²) in [6, 6.07) is 14.3. The zero-order valence-corrected chi connectivity index (χ0v) is 23.1. The fourth-order valence-corrected chi connectivity index (χ4v) is 4.63. The summed E-state index contributed by atoms with van der Waals surface area (Å²) >= 11 is 7.65. The Balaban J connectivity index is 0.000000572. The molecule has 5 nitrogen and oxygen atoms in total. The van der Waals surface area contributed by atoms with E-state index in [1.54, 1.807) is 12.1 Å². The van der Waals surface area contributed by atoms with Crippen LogP contribution in [-0.4, -0.2) is 34.6 Å². The molecule has 0 aliphatic heterocycles. The zero-order chi connectivity index (χ0) is 26.2. The van der Waals surface area contributed by atoms with Crippen molar-refractivity contribution in [1.29, 1.82) is 0 Å². The summed E-state index contributed by atoms with van der Waals surface area (Å²) in [4.78, 5) is 10.4. The quantitative estimate of drug-likeness (QED) is 0.134. The summed E-state index contributed by atoms with van der Waals surface area (Å²) < 4.78 is 16.0. The van der Waals surface area contributed by atoms with E-state index >= 15 is 0 Å². The van der Waals surface area contributed by atoms with Crippen molar-refractivity contribution < 1.29 is 9.18 Å². The number of hydrogen-bond donors (Lipinski definition) is 1. The number of carbonyl (C=O) groups excluding carboxylic acids is 1. The van der Waals surface area contributed by atoms with E-state index in [0.717, 1.165) is 62.4 Å². The van der Waals surface area contributed by atoms with E-state index in [1.807, 2.05) is 41.9 Å². The first kappa shape index (κ1) is 30.0. The Labute approximate surface area is 224 Å². The van der Waals surface area contributed by atoms with Crippen LogP contribution in [0.5, 0.6) is 0 Å². The molecule has 1 heterocycles. The lowest BCUT2D eigenvalue weighted by molar-refractivity contribution is -0.107. The number of benzene rings is 2. The predicted molar refractivity (Wildman–Crippen MR) is 149 cm³/mol. The third kappa shape index (κ3) is 10.8. The van der Waals surface area contributed by atoms with E-state index in [9.17, 15) is 9.18 Å². The Kier molecular flexibility index (Phi) is 14.4. The maximum atomic E-state index is 14.0. The molecule has 2 aromatic carbocycles. The van der Waals surface area contributed by atoms with Gasteiger partial charge in [0.1, 0.15) is 17.9 Å². The van der Waals surface area contributed by atoms with Crippen LogP contribution in [0.2, 0.25) is 5.02 Å². The highest BCUT2D eigenvalue weighted by molar-refractivity contribution is 7.98. The normalized spacial score (nSPS) is 10.8. The van der Waals surface area contributed by atoms with Gasteiger partial charge in [-0.15, -0.1) is 10.2 Å². The van der Waals surface area contributed by atoms with E-state index in [4.69, 9.17) is 11.6 Å². The van der Waals surface area contributed by atoms with Gasteiger partial charge in [0.05, 0.1) is 5.69 Å². The first-order valence-electron chi connectivity index (χ1n) is 12.6. The van der Waals surface area contributed by atoms with Crippen LogP contribution in [0.25, 0.3) is 5.69 Å². The minimum absolute atomic E-state index is 0.218. The summed E-state index contributed by atoms with van der Waals surface area (Å²) in [5.74, 6) is 1.95. The molecule has 0 saturated carbocycles. The van der Waals surface area contributed by atoms with Crippen molar-refractivity contribution in [1.82, 2.24) is 20.1 Å². The summed E-state index contributed by atoms with van der Waals surface area (Å²) in [6.07, 6.45) is 7.61. The average molecular weight is 533 g/mol. The van der Waals surface area contributed by atoms with Crippen LogP contribution in [0.3, 0.4) is 0 Å². The lowest BCUT2D eigenvalue weighted by atomic mass is 10.1. The van der Waals surface area contributed by atoms with Gasteiger partial charge >= 0.3 is 0 Å². The number of aryl methyl sites for hydroxylation is 1. The molecule has 0 radical (unpaired) electrons. The van der Waals surface area contributed by atoms with Crippen molar-refractivity contribution in [2.45, 2.75) is 69.7 Å². The Bertz CT molecular complexity index is 1040. The van der Waals surface area contributed by atoms with Gasteiger partial charge in [0, 0.05) is 23.6 Å². The molecule has 0 fully saturated rings. The second kappa shape index (κ2) is 17.3. The fourth-order valence-electron chi connectivity index (χ4n) is 3.49. The van der Waals surface area contributed by atoms with Crippen molar-refractivity contribution in [3.63, 3.8) is 0 Å². The number of carbonyl (C=O) groups is 1. The van der Waals surface area contributed by atoms with Gasteiger partial charge in [-0.2, -0.15) is 0 Å². The number of nitrogens with one attached hydrogen (secondary N) is 1. The average Bonchev–Trinajstić information content (AvgIpc) is 3.27. The Morgan fingerprint density at radius 1 is 1.08 bits per heavy atom. The second-order valence-electron chi connectivity index (χ2n) is 9.00. The number of unbranched alkanes of at least 4 members (excludes halogenated alkanes) is 4. The van der Waals surface area contributed by atoms with Gasteiger partial charge in [0.2, 0.25) is 0 Å². The van der Waals surface area contributed by atoms with E-state index in [0.29, 0.717) is 27.9 Å². The molecule has 3 aromatic rings. The summed E-state index contributed by atoms with van der Waals surface area (Å²) in [6.45, 7) is 5.62. The van der Waals surface area contributed by atoms with Gasteiger partial charge in [-0.05, 0) is 68.6 Å². The Hall–Kier alpha value is -2.22. The monoisotopic (exact) mass is 532 g/mol. The molecular weight excluding hydrogens is 495 g/mol. The van der Waals surface area contributed by atoms with Crippen molar-refractivity contribution in [2.24, 2.45) is 5.92 Å². The topological polar surface area (TPSA) is 59.8 Å².